The summed E-state index contributed by atoms with van der Waals surface area (Å²) in [6.45, 7) is 4.41. The Hall–Kier alpha value is -4.00. The molecule has 160 valence electrons. The number of piperazine rings is 1. The van der Waals surface area contributed by atoms with Crippen molar-refractivity contribution in [1.29, 1.82) is 0 Å². The van der Waals surface area contributed by atoms with Crippen molar-refractivity contribution < 1.29 is 9.21 Å². The number of hydrogen-bond donors (Lipinski definition) is 0. The summed E-state index contributed by atoms with van der Waals surface area (Å²) >= 11 is 0. The van der Waals surface area contributed by atoms with Gasteiger partial charge in [-0.3, -0.25) is 14.6 Å². The highest BCUT2D eigenvalue weighted by atomic mass is 16.3. The fourth-order valence-corrected chi connectivity index (χ4v) is 3.90. The molecule has 7 heteroatoms. The summed E-state index contributed by atoms with van der Waals surface area (Å²) in [5, 5.41) is 0.518. The van der Waals surface area contributed by atoms with E-state index in [1.807, 2.05) is 37.3 Å². The van der Waals surface area contributed by atoms with Crippen molar-refractivity contribution in [3.63, 3.8) is 0 Å². The maximum atomic E-state index is 12.7. The number of aromatic nitrogens is 2. The molecule has 4 aromatic rings. The number of hydrogen-bond acceptors (Lipinski definition) is 6. The molecular weight excluding hydrogens is 404 g/mol. The zero-order valence-corrected chi connectivity index (χ0v) is 17.7. The van der Waals surface area contributed by atoms with Gasteiger partial charge >= 0.3 is 0 Å². The number of carbonyl (C=O) groups excluding carboxylic acids is 1. The van der Waals surface area contributed by atoms with Crippen molar-refractivity contribution in [3.05, 3.63) is 82.4 Å². The molecule has 0 aliphatic carbocycles. The van der Waals surface area contributed by atoms with Crippen LogP contribution >= 0.6 is 0 Å². The molecule has 0 radical (unpaired) electrons. The highest BCUT2D eigenvalue weighted by Gasteiger charge is 2.21. The molecule has 2 aromatic heterocycles. The standard InChI is InChI=1S/C25H22N4O3/c1-17-6-8-22-19(14-17)25(31)18(16-32-22)7-9-24(30)29-12-10-28(11-13-29)23-15-26-20-4-2-3-5-21(20)27-23/h2-9,14-16H,10-13H2,1H3/b9-7+. The molecule has 0 unspecified atom stereocenters. The van der Waals surface area contributed by atoms with E-state index in [1.165, 1.54) is 18.4 Å². The van der Waals surface area contributed by atoms with Gasteiger partial charge in [0.25, 0.3) is 0 Å². The largest absolute Gasteiger partial charge is 0.463 e. The topological polar surface area (TPSA) is 79.5 Å². The fourth-order valence-electron chi connectivity index (χ4n) is 3.90. The first-order valence-electron chi connectivity index (χ1n) is 10.5. The van der Waals surface area contributed by atoms with Crippen LogP contribution in [0.4, 0.5) is 5.82 Å². The molecule has 7 nitrogen and oxygen atoms in total. The minimum atomic E-state index is -0.140. The summed E-state index contributed by atoms with van der Waals surface area (Å²) in [4.78, 5) is 38.5. The van der Waals surface area contributed by atoms with E-state index in [-0.39, 0.29) is 11.3 Å². The van der Waals surface area contributed by atoms with Crippen LogP contribution < -0.4 is 10.3 Å². The van der Waals surface area contributed by atoms with Crippen molar-refractivity contribution in [1.82, 2.24) is 14.9 Å². The number of anilines is 1. The Morgan fingerprint density at radius 3 is 2.66 bits per heavy atom. The van der Waals surface area contributed by atoms with E-state index in [2.05, 4.69) is 14.9 Å². The molecule has 1 fully saturated rings. The Balaban J connectivity index is 1.26. The molecule has 0 atom stereocenters. The van der Waals surface area contributed by atoms with Gasteiger partial charge < -0.3 is 14.2 Å². The maximum Gasteiger partial charge on any atom is 0.246 e. The van der Waals surface area contributed by atoms with E-state index < -0.39 is 0 Å². The van der Waals surface area contributed by atoms with Gasteiger partial charge in [-0.05, 0) is 37.3 Å². The monoisotopic (exact) mass is 426 g/mol. The fraction of sp³-hybridized carbons (Fsp3) is 0.200. The van der Waals surface area contributed by atoms with Crippen LogP contribution in [0.2, 0.25) is 0 Å². The van der Waals surface area contributed by atoms with Crippen LogP contribution in [0.3, 0.4) is 0 Å². The van der Waals surface area contributed by atoms with Gasteiger partial charge in [-0.2, -0.15) is 0 Å². The zero-order valence-electron chi connectivity index (χ0n) is 17.7. The number of para-hydroxylation sites is 2. The summed E-state index contributed by atoms with van der Waals surface area (Å²) in [6, 6.07) is 13.2. The number of aryl methyl sites for hydroxylation is 1. The van der Waals surface area contributed by atoms with Gasteiger partial charge in [0.15, 0.2) is 5.43 Å². The number of rotatable bonds is 3. The predicted molar refractivity (Wildman–Crippen MR) is 125 cm³/mol. The minimum Gasteiger partial charge on any atom is -0.463 e. The van der Waals surface area contributed by atoms with E-state index in [0.717, 1.165) is 22.4 Å². The Morgan fingerprint density at radius 1 is 1.06 bits per heavy atom. The lowest BCUT2D eigenvalue weighted by Gasteiger charge is -2.34. The van der Waals surface area contributed by atoms with E-state index in [4.69, 9.17) is 4.42 Å². The Bertz CT molecular complexity index is 1400. The third-order valence-corrected chi connectivity index (χ3v) is 5.71. The molecule has 0 saturated carbocycles. The number of benzene rings is 2. The van der Waals surface area contributed by atoms with Gasteiger partial charge in [0, 0.05) is 32.3 Å². The second-order valence-electron chi connectivity index (χ2n) is 7.88. The first-order chi connectivity index (χ1) is 15.6. The van der Waals surface area contributed by atoms with Crippen LogP contribution in [-0.4, -0.2) is 47.0 Å². The smallest absolute Gasteiger partial charge is 0.246 e. The van der Waals surface area contributed by atoms with E-state index in [1.54, 1.807) is 23.2 Å². The van der Waals surface area contributed by atoms with Gasteiger partial charge in [0.1, 0.15) is 17.7 Å². The van der Waals surface area contributed by atoms with Crippen LogP contribution in [0.15, 0.2) is 70.2 Å². The van der Waals surface area contributed by atoms with Crippen LogP contribution in [0, 0.1) is 6.92 Å². The Labute approximate surface area is 184 Å². The highest BCUT2D eigenvalue weighted by Crippen LogP contribution is 2.18. The van der Waals surface area contributed by atoms with Crippen molar-refractivity contribution >= 4 is 39.8 Å². The zero-order chi connectivity index (χ0) is 22.1. The van der Waals surface area contributed by atoms with Crippen LogP contribution in [0.25, 0.3) is 28.1 Å². The van der Waals surface area contributed by atoms with Crippen molar-refractivity contribution in [2.45, 2.75) is 6.92 Å². The minimum absolute atomic E-state index is 0.127. The van der Waals surface area contributed by atoms with Crippen molar-refractivity contribution in [3.8, 4) is 0 Å². The third-order valence-electron chi connectivity index (χ3n) is 5.71. The lowest BCUT2D eigenvalue weighted by atomic mass is 10.1. The second kappa shape index (κ2) is 8.26. The van der Waals surface area contributed by atoms with Crippen molar-refractivity contribution in [2.24, 2.45) is 0 Å². The second-order valence-corrected chi connectivity index (χ2v) is 7.88. The summed E-state index contributed by atoms with van der Waals surface area (Å²) in [5.74, 6) is 0.688. The molecule has 32 heavy (non-hydrogen) atoms. The average molecular weight is 426 g/mol. The number of carbonyl (C=O) groups is 1. The third kappa shape index (κ3) is 3.85. The van der Waals surface area contributed by atoms with E-state index in [0.29, 0.717) is 42.7 Å². The van der Waals surface area contributed by atoms with Crippen LogP contribution in [-0.2, 0) is 4.79 Å². The van der Waals surface area contributed by atoms with E-state index in [9.17, 15) is 9.59 Å². The lowest BCUT2D eigenvalue weighted by molar-refractivity contribution is -0.126. The molecule has 5 rings (SSSR count). The van der Waals surface area contributed by atoms with Gasteiger partial charge in [-0.15, -0.1) is 0 Å². The van der Waals surface area contributed by atoms with Gasteiger partial charge in [0.2, 0.25) is 5.91 Å². The van der Waals surface area contributed by atoms with Gasteiger partial charge in [-0.25, -0.2) is 4.98 Å². The molecule has 1 amide bonds. The first-order valence-corrected chi connectivity index (χ1v) is 10.5. The number of amides is 1. The molecule has 1 saturated heterocycles. The molecule has 0 bridgehead atoms. The molecule has 1 aliphatic rings. The number of fused-ring (bicyclic) bond motifs is 2. The lowest BCUT2D eigenvalue weighted by Crippen LogP contribution is -2.48. The predicted octanol–water partition coefficient (Wildman–Crippen LogP) is 3.41. The summed E-state index contributed by atoms with van der Waals surface area (Å²) in [6.07, 6.45) is 6.16. The average Bonchev–Trinajstić information content (AvgIpc) is 2.83. The molecule has 3 heterocycles. The number of nitrogens with zero attached hydrogens (tertiary/aromatic N) is 4. The molecule has 0 spiro atoms. The van der Waals surface area contributed by atoms with Crippen LogP contribution in [0.1, 0.15) is 11.1 Å². The molecular formula is C25H22N4O3. The maximum absolute atomic E-state index is 12.7. The normalized spacial score (nSPS) is 14.5. The SMILES string of the molecule is Cc1ccc2occ(/C=C/C(=O)N3CCN(c4cnc5ccccc5n4)CC3)c(=O)c2c1. The summed E-state index contributed by atoms with van der Waals surface area (Å²) in [5.41, 5.74) is 3.47. The Morgan fingerprint density at radius 2 is 1.84 bits per heavy atom. The summed E-state index contributed by atoms with van der Waals surface area (Å²) in [7, 11) is 0. The van der Waals surface area contributed by atoms with Gasteiger partial charge in [-0.1, -0.05) is 23.8 Å². The molecule has 2 aromatic carbocycles. The van der Waals surface area contributed by atoms with Gasteiger partial charge in [0.05, 0.1) is 28.2 Å². The molecule has 1 aliphatic heterocycles. The molecule has 0 N–H and O–H groups in total. The quantitative estimate of drug-likeness (QED) is 0.467. The van der Waals surface area contributed by atoms with E-state index >= 15 is 0 Å². The van der Waals surface area contributed by atoms with Crippen molar-refractivity contribution in [2.75, 3.05) is 31.1 Å². The first kappa shape index (κ1) is 19.9. The highest BCUT2D eigenvalue weighted by molar-refractivity contribution is 5.92. The summed E-state index contributed by atoms with van der Waals surface area (Å²) < 4.78 is 5.55. The van der Waals surface area contributed by atoms with Crippen LogP contribution in [0.5, 0.6) is 0 Å². The Kier molecular flexibility index (Phi) is 5.15.